The van der Waals surface area contributed by atoms with E-state index in [9.17, 15) is 4.39 Å². The molecule has 0 radical (unpaired) electrons. The van der Waals surface area contributed by atoms with E-state index in [0.29, 0.717) is 11.8 Å². The molecule has 1 rings (SSSR count). The molecule has 0 saturated heterocycles. The SMILES string of the molecule is CC(C)C1CC1(C)F. The lowest BCUT2D eigenvalue weighted by Crippen LogP contribution is -2.01. The van der Waals surface area contributed by atoms with E-state index in [1.54, 1.807) is 6.92 Å². The number of hydrogen-bond acceptors (Lipinski definition) is 0. The van der Waals surface area contributed by atoms with Gasteiger partial charge in [-0.05, 0) is 25.2 Å². The van der Waals surface area contributed by atoms with Gasteiger partial charge in [-0.2, -0.15) is 0 Å². The van der Waals surface area contributed by atoms with E-state index in [1.165, 1.54) is 0 Å². The van der Waals surface area contributed by atoms with Crippen LogP contribution in [0.5, 0.6) is 0 Å². The number of hydrogen-bond donors (Lipinski definition) is 0. The quantitative estimate of drug-likeness (QED) is 0.493. The summed E-state index contributed by atoms with van der Waals surface area (Å²) in [6.45, 7) is 5.85. The topological polar surface area (TPSA) is 0 Å². The highest BCUT2D eigenvalue weighted by atomic mass is 19.1. The van der Waals surface area contributed by atoms with Gasteiger partial charge in [-0.25, -0.2) is 4.39 Å². The molecule has 0 nitrogen and oxygen atoms in total. The summed E-state index contributed by atoms with van der Waals surface area (Å²) < 4.78 is 12.7. The molecule has 0 amide bonds. The van der Waals surface area contributed by atoms with Crippen molar-refractivity contribution in [3.05, 3.63) is 0 Å². The van der Waals surface area contributed by atoms with Gasteiger partial charge in [-0.1, -0.05) is 13.8 Å². The normalized spacial score (nSPS) is 45.4. The van der Waals surface area contributed by atoms with Crippen molar-refractivity contribution in [2.24, 2.45) is 11.8 Å². The second-order valence-corrected chi connectivity index (χ2v) is 3.33. The van der Waals surface area contributed by atoms with Gasteiger partial charge in [-0.3, -0.25) is 0 Å². The highest BCUT2D eigenvalue weighted by Gasteiger charge is 2.52. The predicted octanol–water partition coefficient (Wildman–Crippen LogP) is 2.39. The van der Waals surface area contributed by atoms with Crippen LogP contribution in [0.1, 0.15) is 27.2 Å². The van der Waals surface area contributed by atoms with E-state index < -0.39 is 5.67 Å². The molecule has 0 N–H and O–H groups in total. The van der Waals surface area contributed by atoms with Crippen molar-refractivity contribution in [1.29, 1.82) is 0 Å². The van der Waals surface area contributed by atoms with E-state index in [4.69, 9.17) is 0 Å². The van der Waals surface area contributed by atoms with Crippen LogP contribution in [0.3, 0.4) is 0 Å². The average molecular weight is 116 g/mol. The Morgan fingerprint density at radius 2 is 2.00 bits per heavy atom. The van der Waals surface area contributed by atoms with Gasteiger partial charge in [0, 0.05) is 0 Å². The summed E-state index contributed by atoms with van der Waals surface area (Å²) in [7, 11) is 0. The van der Waals surface area contributed by atoms with Crippen LogP contribution in [0.2, 0.25) is 0 Å². The number of halogens is 1. The molecule has 0 spiro atoms. The fraction of sp³-hybridized carbons (Fsp3) is 1.00. The van der Waals surface area contributed by atoms with Crippen molar-refractivity contribution in [3.63, 3.8) is 0 Å². The van der Waals surface area contributed by atoms with Crippen LogP contribution in [0.4, 0.5) is 4.39 Å². The molecule has 2 unspecified atom stereocenters. The number of rotatable bonds is 1. The molecule has 0 aromatic heterocycles. The Bertz CT molecular complexity index is 94.6. The van der Waals surface area contributed by atoms with Crippen LogP contribution in [-0.2, 0) is 0 Å². The van der Waals surface area contributed by atoms with Crippen molar-refractivity contribution in [3.8, 4) is 0 Å². The summed E-state index contributed by atoms with van der Waals surface area (Å²) >= 11 is 0. The Morgan fingerprint density at radius 3 is 2.00 bits per heavy atom. The molecule has 0 bridgehead atoms. The molecule has 0 aliphatic heterocycles. The molecule has 1 aliphatic rings. The lowest BCUT2D eigenvalue weighted by atomic mass is 10.1. The maximum atomic E-state index is 12.7. The van der Waals surface area contributed by atoms with Gasteiger partial charge >= 0.3 is 0 Å². The van der Waals surface area contributed by atoms with Crippen molar-refractivity contribution in [2.45, 2.75) is 32.9 Å². The van der Waals surface area contributed by atoms with Crippen LogP contribution in [0.15, 0.2) is 0 Å². The third-order valence-electron chi connectivity index (χ3n) is 2.04. The molecule has 1 aliphatic carbocycles. The van der Waals surface area contributed by atoms with Gasteiger partial charge in [-0.15, -0.1) is 0 Å². The Labute approximate surface area is 50.1 Å². The first kappa shape index (κ1) is 6.06. The molecule has 8 heavy (non-hydrogen) atoms. The Balaban J connectivity index is 2.37. The van der Waals surface area contributed by atoms with Gasteiger partial charge in [0.2, 0.25) is 0 Å². The van der Waals surface area contributed by atoms with E-state index in [0.717, 1.165) is 6.42 Å². The zero-order chi connectivity index (χ0) is 6.36. The minimum atomic E-state index is -0.811. The third-order valence-corrected chi connectivity index (χ3v) is 2.04. The van der Waals surface area contributed by atoms with Gasteiger partial charge in [0.25, 0.3) is 0 Å². The summed E-state index contributed by atoms with van der Waals surface area (Å²) in [5.41, 5.74) is -0.811. The van der Waals surface area contributed by atoms with Crippen LogP contribution in [0, 0.1) is 11.8 Å². The molecule has 0 aromatic rings. The van der Waals surface area contributed by atoms with Crippen molar-refractivity contribution in [2.75, 3.05) is 0 Å². The second-order valence-electron chi connectivity index (χ2n) is 3.33. The first-order chi connectivity index (χ1) is 3.54. The largest absolute Gasteiger partial charge is 0.244 e. The predicted molar refractivity (Wildman–Crippen MR) is 32.5 cm³/mol. The van der Waals surface area contributed by atoms with E-state index in [1.807, 2.05) is 0 Å². The smallest absolute Gasteiger partial charge is 0.111 e. The van der Waals surface area contributed by atoms with Crippen LogP contribution in [-0.4, -0.2) is 5.67 Å². The molecule has 0 aromatic carbocycles. The van der Waals surface area contributed by atoms with Crippen LogP contribution in [0.25, 0.3) is 0 Å². The fourth-order valence-electron chi connectivity index (χ4n) is 1.30. The maximum absolute atomic E-state index is 12.7. The van der Waals surface area contributed by atoms with E-state index in [-0.39, 0.29) is 0 Å². The zero-order valence-corrected chi connectivity index (χ0v) is 5.74. The van der Waals surface area contributed by atoms with E-state index in [2.05, 4.69) is 13.8 Å². The van der Waals surface area contributed by atoms with E-state index >= 15 is 0 Å². The summed E-state index contributed by atoms with van der Waals surface area (Å²) in [5.74, 6) is 0.882. The fourth-order valence-corrected chi connectivity index (χ4v) is 1.30. The lowest BCUT2D eigenvalue weighted by Gasteiger charge is -2.01. The first-order valence-electron chi connectivity index (χ1n) is 3.23. The molecular formula is C7H13F. The molecule has 0 heterocycles. The standard InChI is InChI=1S/C7H13F/c1-5(2)6-4-7(6,3)8/h5-6H,4H2,1-3H3. The molecule has 48 valence electrons. The highest BCUT2D eigenvalue weighted by Crippen LogP contribution is 2.50. The van der Waals surface area contributed by atoms with Crippen molar-refractivity contribution < 1.29 is 4.39 Å². The minimum Gasteiger partial charge on any atom is -0.244 e. The Hall–Kier alpha value is -0.0700. The summed E-state index contributed by atoms with van der Waals surface area (Å²) in [4.78, 5) is 0. The van der Waals surface area contributed by atoms with Crippen molar-refractivity contribution >= 4 is 0 Å². The average Bonchev–Trinajstić information content (AvgIpc) is 2.13. The second kappa shape index (κ2) is 1.46. The van der Waals surface area contributed by atoms with Crippen LogP contribution >= 0.6 is 0 Å². The summed E-state index contributed by atoms with van der Waals surface area (Å²) in [5, 5.41) is 0. The maximum Gasteiger partial charge on any atom is 0.111 e. The molecule has 1 fully saturated rings. The van der Waals surface area contributed by atoms with Crippen molar-refractivity contribution in [1.82, 2.24) is 0 Å². The van der Waals surface area contributed by atoms with Gasteiger partial charge in [0.15, 0.2) is 0 Å². The first-order valence-corrected chi connectivity index (χ1v) is 3.23. The minimum absolute atomic E-state index is 0.350. The number of alkyl halides is 1. The van der Waals surface area contributed by atoms with Gasteiger partial charge in [0.1, 0.15) is 5.67 Å². The lowest BCUT2D eigenvalue weighted by molar-refractivity contribution is 0.284. The highest BCUT2D eigenvalue weighted by molar-refractivity contribution is 5.01. The molecule has 2 atom stereocenters. The Morgan fingerprint density at radius 1 is 1.62 bits per heavy atom. The van der Waals surface area contributed by atoms with Gasteiger partial charge < -0.3 is 0 Å². The van der Waals surface area contributed by atoms with Crippen LogP contribution < -0.4 is 0 Å². The van der Waals surface area contributed by atoms with Gasteiger partial charge in [0.05, 0.1) is 0 Å². The zero-order valence-electron chi connectivity index (χ0n) is 5.74. The monoisotopic (exact) mass is 116 g/mol. The third kappa shape index (κ3) is 0.862. The Kier molecular flexibility index (Phi) is 1.10. The molecule has 1 heteroatoms. The molecule has 1 saturated carbocycles. The summed E-state index contributed by atoms with van der Waals surface area (Å²) in [6.07, 6.45) is 0.782. The molecular weight excluding hydrogens is 103 g/mol. The summed E-state index contributed by atoms with van der Waals surface area (Å²) in [6, 6.07) is 0.